The van der Waals surface area contributed by atoms with E-state index in [1.165, 1.54) is 7.05 Å². The third kappa shape index (κ3) is 6.40. The lowest BCUT2D eigenvalue weighted by atomic mass is 10.0. The average molecular weight is 684 g/mol. The second kappa shape index (κ2) is 13.5. The van der Waals surface area contributed by atoms with Crippen molar-refractivity contribution < 1.29 is 19.5 Å². The molecule has 4 heterocycles. The molecule has 2 aliphatic heterocycles. The van der Waals surface area contributed by atoms with Gasteiger partial charge in [0.2, 0.25) is 5.91 Å². The second-order valence-electron chi connectivity index (χ2n) is 13.9. The summed E-state index contributed by atoms with van der Waals surface area (Å²) in [6, 6.07) is 24.5. The van der Waals surface area contributed by atoms with E-state index in [0.29, 0.717) is 17.9 Å². The van der Waals surface area contributed by atoms with E-state index < -0.39 is 12.1 Å². The summed E-state index contributed by atoms with van der Waals surface area (Å²) in [4.78, 5) is 59.8. The average Bonchev–Trinajstić information content (AvgIpc) is 3.62. The maximum absolute atomic E-state index is 13.9. The summed E-state index contributed by atoms with van der Waals surface area (Å²) in [7, 11) is 1.44. The fraction of sp³-hybridized carbons (Fsp3) is 0.325. The van der Waals surface area contributed by atoms with Crippen molar-refractivity contribution in [2.24, 2.45) is 5.92 Å². The van der Waals surface area contributed by atoms with Crippen molar-refractivity contribution in [3.8, 4) is 33.6 Å². The number of carbonyl (C=O) groups excluding carboxylic acids is 2. The number of likely N-dealkylation sites (tertiary alicyclic amines) is 2. The third-order valence-corrected chi connectivity index (χ3v) is 10.6. The molecule has 11 heteroatoms. The molecule has 3 amide bonds. The maximum Gasteiger partial charge on any atom is 0.407 e. The largest absolute Gasteiger partial charge is 0.465 e. The lowest BCUT2D eigenvalue weighted by Crippen LogP contribution is -2.43. The molecule has 8 rings (SSSR count). The molecule has 2 aromatic heterocycles. The molecule has 0 radical (unpaired) electrons. The highest BCUT2D eigenvalue weighted by molar-refractivity contribution is 5.87. The number of aromatic amines is 2. The number of nitrogens with zero attached hydrogens (tertiary/aromatic N) is 5. The molecule has 0 spiro atoms. The minimum atomic E-state index is -1.16. The number of benzene rings is 3. The first kappa shape index (κ1) is 32.5. The molecule has 1 saturated carbocycles. The summed E-state index contributed by atoms with van der Waals surface area (Å²) in [5, 5.41) is 9.76. The van der Waals surface area contributed by atoms with Gasteiger partial charge in [0.1, 0.15) is 17.7 Å². The summed E-state index contributed by atoms with van der Waals surface area (Å²) in [5.74, 6) is 1.81. The number of H-pyrrole nitrogens is 2. The molecule has 2 saturated heterocycles. The maximum atomic E-state index is 13.9. The zero-order valence-electron chi connectivity index (χ0n) is 28.5. The highest BCUT2D eigenvalue weighted by Gasteiger charge is 2.40. The molecular formula is C40H41N7O4. The number of imidazole rings is 2. The molecule has 3 N–H and O–H groups in total. The molecule has 5 aromatic rings. The van der Waals surface area contributed by atoms with Crippen LogP contribution in [0.25, 0.3) is 33.6 Å². The van der Waals surface area contributed by atoms with Gasteiger partial charge in [0.15, 0.2) is 0 Å². The van der Waals surface area contributed by atoms with E-state index in [9.17, 15) is 19.5 Å². The Morgan fingerprint density at radius 1 is 0.706 bits per heavy atom. The van der Waals surface area contributed by atoms with Crippen LogP contribution in [0.5, 0.6) is 0 Å². The van der Waals surface area contributed by atoms with Gasteiger partial charge in [-0.3, -0.25) is 14.5 Å². The predicted molar refractivity (Wildman–Crippen MR) is 192 cm³/mol. The van der Waals surface area contributed by atoms with Crippen molar-refractivity contribution in [2.45, 2.75) is 56.7 Å². The van der Waals surface area contributed by atoms with Crippen molar-refractivity contribution in [3.63, 3.8) is 0 Å². The molecule has 51 heavy (non-hydrogen) atoms. The quantitative estimate of drug-likeness (QED) is 0.150. The molecule has 260 valence electrons. The van der Waals surface area contributed by atoms with Gasteiger partial charge >= 0.3 is 6.09 Å². The number of hydrogen-bond acceptors (Lipinski definition) is 5. The minimum absolute atomic E-state index is 0.0352. The molecule has 3 aliphatic rings. The number of aromatic nitrogens is 4. The first-order valence-corrected chi connectivity index (χ1v) is 17.8. The van der Waals surface area contributed by atoms with Crippen molar-refractivity contribution in [1.82, 2.24) is 34.6 Å². The Morgan fingerprint density at radius 3 is 1.71 bits per heavy atom. The Morgan fingerprint density at radius 2 is 1.20 bits per heavy atom. The molecule has 3 fully saturated rings. The highest BCUT2D eigenvalue weighted by Crippen LogP contribution is 2.39. The van der Waals surface area contributed by atoms with E-state index in [1.54, 1.807) is 23.2 Å². The van der Waals surface area contributed by atoms with Crippen molar-refractivity contribution in [2.75, 3.05) is 20.1 Å². The SMILES string of the molecule is CN(C(=O)O)[C@@H](C(=O)N1CCC[C@H]1c1ncc(-c2ccc(-c3ccc(-c4cnc([C@@H]5CCCN5C(=O)C5CC5)[nH]4)cc3)cc2)[nH]1)c1ccccc1. The summed E-state index contributed by atoms with van der Waals surface area (Å²) in [6.07, 6.45) is 8.04. The molecule has 3 aromatic carbocycles. The highest BCUT2D eigenvalue weighted by atomic mass is 16.4. The number of nitrogens with one attached hydrogen (secondary N) is 2. The Balaban J connectivity index is 0.944. The lowest BCUT2D eigenvalue weighted by molar-refractivity contribution is -0.137. The number of rotatable bonds is 9. The van der Waals surface area contributed by atoms with Gasteiger partial charge < -0.3 is 24.9 Å². The van der Waals surface area contributed by atoms with E-state index >= 15 is 0 Å². The first-order chi connectivity index (χ1) is 24.9. The van der Waals surface area contributed by atoms with E-state index in [0.717, 1.165) is 89.4 Å². The zero-order chi connectivity index (χ0) is 35.1. The molecule has 3 atom stereocenters. The van der Waals surface area contributed by atoms with E-state index in [-0.39, 0.29) is 29.8 Å². The second-order valence-corrected chi connectivity index (χ2v) is 13.9. The van der Waals surface area contributed by atoms with Gasteiger partial charge in [-0.05, 0) is 66.3 Å². The van der Waals surface area contributed by atoms with E-state index in [1.807, 2.05) is 29.3 Å². The Labute approximate surface area is 296 Å². The van der Waals surface area contributed by atoms with Crippen LogP contribution in [0.2, 0.25) is 0 Å². The monoisotopic (exact) mass is 683 g/mol. The normalized spacial score (nSPS) is 19.3. The van der Waals surface area contributed by atoms with Crippen LogP contribution in [0.15, 0.2) is 91.3 Å². The molecular weight excluding hydrogens is 642 g/mol. The molecule has 1 aliphatic carbocycles. The number of carbonyl (C=O) groups is 3. The van der Waals surface area contributed by atoms with Crippen LogP contribution in [-0.4, -0.2) is 77.8 Å². The minimum Gasteiger partial charge on any atom is -0.465 e. The van der Waals surface area contributed by atoms with Crippen LogP contribution in [0, 0.1) is 5.92 Å². The van der Waals surface area contributed by atoms with Gasteiger partial charge in [-0.2, -0.15) is 0 Å². The summed E-state index contributed by atoms with van der Waals surface area (Å²) in [5.41, 5.74) is 6.62. The van der Waals surface area contributed by atoms with Gasteiger partial charge in [-0.15, -0.1) is 0 Å². The fourth-order valence-electron chi connectivity index (χ4n) is 7.62. The van der Waals surface area contributed by atoms with Crippen LogP contribution in [0.3, 0.4) is 0 Å². The van der Waals surface area contributed by atoms with Crippen molar-refractivity contribution in [1.29, 1.82) is 0 Å². The van der Waals surface area contributed by atoms with E-state index in [4.69, 9.17) is 0 Å². The molecule has 0 unspecified atom stereocenters. The third-order valence-electron chi connectivity index (χ3n) is 10.6. The summed E-state index contributed by atoms with van der Waals surface area (Å²) in [6.45, 7) is 1.35. The van der Waals surface area contributed by atoms with Crippen LogP contribution < -0.4 is 0 Å². The van der Waals surface area contributed by atoms with Crippen LogP contribution >= 0.6 is 0 Å². The van der Waals surface area contributed by atoms with Gasteiger partial charge in [-0.25, -0.2) is 14.8 Å². The smallest absolute Gasteiger partial charge is 0.407 e. The topological polar surface area (TPSA) is 139 Å². The number of carboxylic acid groups (broad SMARTS) is 1. The predicted octanol–water partition coefficient (Wildman–Crippen LogP) is 7.22. The van der Waals surface area contributed by atoms with Gasteiger partial charge in [0.05, 0.1) is 35.9 Å². The van der Waals surface area contributed by atoms with Gasteiger partial charge in [0, 0.05) is 26.1 Å². The van der Waals surface area contributed by atoms with Crippen molar-refractivity contribution in [3.05, 3.63) is 108 Å². The van der Waals surface area contributed by atoms with Crippen LogP contribution in [0.4, 0.5) is 4.79 Å². The first-order valence-electron chi connectivity index (χ1n) is 17.8. The van der Waals surface area contributed by atoms with Gasteiger partial charge in [-0.1, -0.05) is 78.9 Å². The standard InChI is InChI=1S/C40H41N7O4/c1-45(40(50)51)35(29-7-3-2-4-8-29)39(49)47-22-6-10-34(47)37-42-24-32(44-37)28-17-13-26(14-18-28)25-11-15-27(16-12-25)31-23-41-36(43-31)33-9-5-21-46(33)38(48)30-19-20-30/h2-4,7-8,11-18,23-24,30,33-35H,5-6,9-10,19-22H2,1H3,(H,41,43)(H,42,44)(H,50,51)/t33-,34-,35+/m0/s1. The van der Waals surface area contributed by atoms with Crippen molar-refractivity contribution >= 4 is 17.9 Å². The van der Waals surface area contributed by atoms with Gasteiger partial charge in [0.25, 0.3) is 5.91 Å². The summed E-state index contributed by atoms with van der Waals surface area (Å²) >= 11 is 0. The zero-order valence-corrected chi connectivity index (χ0v) is 28.5. The number of amides is 3. The van der Waals surface area contributed by atoms with Crippen LogP contribution in [-0.2, 0) is 9.59 Å². The Kier molecular flexibility index (Phi) is 8.63. The number of hydrogen-bond donors (Lipinski definition) is 3. The lowest BCUT2D eigenvalue weighted by Gasteiger charge is -2.32. The Bertz CT molecular complexity index is 2030. The van der Waals surface area contributed by atoms with Crippen LogP contribution in [0.1, 0.15) is 73.9 Å². The fourth-order valence-corrected chi connectivity index (χ4v) is 7.62. The Hall–Kier alpha value is -5.71. The van der Waals surface area contributed by atoms with E-state index in [2.05, 4.69) is 68.5 Å². The summed E-state index contributed by atoms with van der Waals surface area (Å²) < 4.78 is 0. The molecule has 0 bridgehead atoms. The number of likely N-dealkylation sites (N-methyl/N-ethyl adjacent to an activating group) is 1. The molecule has 11 nitrogen and oxygen atoms in total.